The molecule has 0 amide bonds. The fourth-order valence-corrected chi connectivity index (χ4v) is 4.07. The second kappa shape index (κ2) is 7.06. The molecule has 136 valence electrons. The van der Waals surface area contributed by atoms with Gasteiger partial charge in [0.1, 0.15) is 11.5 Å². The number of hydrogen-bond acceptors (Lipinski definition) is 3. The van der Waals surface area contributed by atoms with Crippen LogP contribution in [0.1, 0.15) is 43.4 Å². The van der Waals surface area contributed by atoms with Gasteiger partial charge in [-0.1, -0.05) is 38.1 Å². The monoisotopic (exact) mass is 349 g/mol. The average molecular weight is 349 g/mol. The maximum atomic E-state index is 5.95. The molecule has 4 rings (SSSR count). The minimum Gasteiger partial charge on any atom is -0.497 e. The lowest BCUT2D eigenvalue weighted by Crippen LogP contribution is -2.29. The van der Waals surface area contributed by atoms with Gasteiger partial charge in [-0.15, -0.1) is 0 Å². The summed E-state index contributed by atoms with van der Waals surface area (Å²) in [6.45, 7) is 5.11. The largest absolute Gasteiger partial charge is 0.497 e. The van der Waals surface area contributed by atoms with Crippen LogP contribution in [0.3, 0.4) is 0 Å². The van der Waals surface area contributed by atoms with E-state index in [0.717, 1.165) is 24.5 Å². The van der Waals surface area contributed by atoms with E-state index in [4.69, 9.17) is 9.47 Å². The van der Waals surface area contributed by atoms with E-state index < -0.39 is 0 Å². The molecule has 1 aliphatic carbocycles. The number of nitrogens with one attached hydrogen (secondary N) is 1. The molecule has 26 heavy (non-hydrogen) atoms. The van der Waals surface area contributed by atoms with E-state index in [0.29, 0.717) is 23.8 Å². The number of ether oxygens (including phenoxy) is 2. The minimum atomic E-state index is 0.316. The van der Waals surface area contributed by atoms with E-state index in [1.807, 2.05) is 12.1 Å². The first kappa shape index (κ1) is 17.0. The zero-order chi connectivity index (χ0) is 18.1. The summed E-state index contributed by atoms with van der Waals surface area (Å²) >= 11 is 0. The highest BCUT2D eigenvalue weighted by atomic mass is 16.5. The van der Waals surface area contributed by atoms with Gasteiger partial charge in [0.15, 0.2) is 0 Å². The van der Waals surface area contributed by atoms with Crippen molar-refractivity contribution < 1.29 is 9.47 Å². The zero-order valence-electron chi connectivity index (χ0n) is 15.7. The first-order valence-electron chi connectivity index (χ1n) is 9.49. The van der Waals surface area contributed by atoms with Crippen LogP contribution >= 0.6 is 0 Å². The van der Waals surface area contributed by atoms with Crippen molar-refractivity contribution in [3.8, 4) is 11.5 Å². The van der Waals surface area contributed by atoms with Gasteiger partial charge in [-0.05, 0) is 59.7 Å². The average Bonchev–Trinajstić information content (AvgIpc) is 3.16. The zero-order valence-corrected chi connectivity index (χ0v) is 15.7. The Morgan fingerprint density at radius 2 is 1.85 bits per heavy atom. The minimum absolute atomic E-state index is 0.316. The van der Waals surface area contributed by atoms with Gasteiger partial charge in [0.2, 0.25) is 0 Å². The third-order valence-electron chi connectivity index (χ3n) is 5.39. The predicted molar refractivity (Wildman–Crippen MR) is 106 cm³/mol. The molecule has 2 aromatic rings. The second-order valence-corrected chi connectivity index (χ2v) is 7.70. The van der Waals surface area contributed by atoms with Gasteiger partial charge >= 0.3 is 0 Å². The summed E-state index contributed by atoms with van der Waals surface area (Å²) in [5.41, 5.74) is 3.89. The topological polar surface area (TPSA) is 30.5 Å². The van der Waals surface area contributed by atoms with Gasteiger partial charge in [0, 0.05) is 11.6 Å². The maximum absolute atomic E-state index is 5.95. The van der Waals surface area contributed by atoms with Crippen LogP contribution < -0.4 is 14.8 Å². The molecule has 3 unspecified atom stereocenters. The molecule has 0 saturated heterocycles. The first-order valence-corrected chi connectivity index (χ1v) is 9.49. The highest BCUT2D eigenvalue weighted by molar-refractivity contribution is 5.61. The van der Waals surface area contributed by atoms with Crippen molar-refractivity contribution in [3.05, 3.63) is 65.7 Å². The van der Waals surface area contributed by atoms with Crippen LogP contribution in [0, 0.1) is 11.8 Å². The quantitative estimate of drug-likeness (QED) is 0.717. The fraction of sp³-hybridized carbons (Fsp3) is 0.391. The van der Waals surface area contributed by atoms with Crippen molar-refractivity contribution >= 4 is 5.69 Å². The number of allylic oxidation sites excluding steroid dienone is 2. The van der Waals surface area contributed by atoms with Crippen LogP contribution in [0.5, 0.6) is 11.5 Å². The van der Waals surface area contributed by atoms with E-state index in [-0.39, 0.29) is 0 Å². The van der Waals surface area contributed by atoms with E-state index in [1.165, 1.54) is 16.8 Å². The Morgan fingerprint density at radius 1 is 1.08 bits per heavy atom. The number of fused-ring (bicyclic) bond motifs is 3. The summed E-state index contributed by atoms with van der Waals surface area (Å²) in [5, 5.41) is 3.78. The smallest absolute Gasteiger partial charge is 0.119 e. The molecule has 0 bridgehead atoms. The Morgan fingerprint density at radius 3 is 2.58 bits per heavy atom. The molecular weight excluding hydrogens is 322 g/mol. The SMILES string of the molecule is COc1ccc(C2Nc3ccc(OCC(C)C)cc3C3C=CCC32)cc1. The number of anilines is 1. The number of methoxy groups -OCH3 is 1. The van der Waals surface area contributed by atoms with E-state index in [2.05, 4.69) is 61.6 Å². The van der Waals surface area contributed by atoms with E-state index in [9.17, 15) is 0 Å². The Hall–Kier alpha value is -2.42. The van der Waals surface area contributed by atoms with Crippen molar-refractivity contribution in [1.29, 1.82) is 0 Å². The van der Waals surface area contributed by atoms with Crippen molar-refractivity contribution in [2.75, 3.05) is 19.0 Å². The number of rotatable bonds is 5. The van der Waals surface area contributed by atoms with Gasteiger partial charge in [-0.25, -0.2) is 0 Å². The maximum Gasteiger partial charge on any atom is 0.119 e. The lowest BCUT2D eigenvalue weighted by molar-refractivity contribution is 0.270. The highest BCUT2D eigenvalue weighted by Gasteiger charge is 2.38. The number of hydrogen-bond donors (Lipinski definition) is 1. The lowest BCUT2D eigenvalue weighted by atomic mass is 9.77. The van der Waals surface area contributed by atoms with Crippen LogP contribution in [0.4, 0.5) is 5.69 Å². The fourth-order valence-electron chi connectivity index (χ4n) is 4.07. The van der Waals surface area contributed by atoms with Crippen molar-refractivity contribution in [1.82, 2.24) is 0 Å². The van der Waals surface area contributed by atoms with Gasteiger partial charge in [-0.3, -0.25) is 0 Å². The molecule has 3 nitrogen and oxygen atoms in total. The van der Waals surface area contributed by atoms with Gasteiger partial charge in [-0.2, -0.15) is 0 Å². The molecule has 1 heterocycles. The third kappa shape index (κ3) is 3.18. The Kier molecular flexibility index (Phi) is 4.62. The molecule has 0 spiro atoms. The molecule has 2 aromatic carbocycles. The van der Waals surface area contributed by atoms with Crippen LogP contribution in [0.25, 0.3) is 0 Å². The summed E-state index contributed by atoms with van der Waals surface area (Å²) in [6, 6.07) is 15.2. The van der Waals surface area contributed by atoms with Crippen LogP contribution in [-0.4, -0.2) is 13.7 Å². The van der Waals surface area contributed by atoms with E-state index in [1.54, 1.807) is 7.11 Å². The summed E-state index contributed by atoms with van der Waals surface area (Å²) in [5.74, 6) is 3.39. The molecule has 2 aliphatic rings. The Balaban J connectivity index is 1.63. The molecule has 3 heteroatoms. The Labute approximate surface area is 156 Å². The van der Waals surface area contributed by atoms with Crippen LogP contribution in [0.15, 0.2) is 54.6 Å². The predicted octanol–water partition coefficient (Wildman–Crippen LogP) is 5.56. The Bertz CT molecular complexity index is 794. The van der Waals surface area contributed by atoms with Crippen LogP contribution in [-0.2, 0) is 0 Å². The summed E-state index contributed by atoms with van der Waals surface area (Å²) < 4.78 is 11.3. The van der Waals surface area contributed by atoms with Crippen molar-refractivity contribution in [2.45, 2.75) is 32.2 Å². The molecule has 1 aliphatic heterocycles. The lowest BCUT2D eigenvalue weighted by Gasteiger charge is -2.37. The van der Waals surface area contributed by atoms with Crippen LogP contribution in [0.2, 0.25) is 0 Å². The molecular formula is C23H27NO2. The van der Waals surface area contributed by atoms with Gasteiger partial charge in [0.05, 0.1) is 19.8 Å². The molecule has 0 radical (unpaired) electrons. The molecule has 1 N–H and O–H groups in total. The standard InChI is InChI=1S/C23H27NO2/c1-15(2)14-26-18-11-12-22-21(13-18)19-5-4-6-20(19)23(24-22)16-7-9-17(25-3)10-8-16/h4-5,7-13,15,19-20,23-24H,6,14H2,1-3H3. The van der Waals surface area contributed by atoms with E-state index >= 15 is 0 Å². The summed E-state index contributed by atoms with van der Waals surface area (Å²) in [7, 11) is 1.71. The molecule has 3 atom stereocenters. The van der Waals surface area contributed by atoms with Crippen molar-refractivity contribution in [2.24, 2.45) is 11.8 Å². The highest BCUT2D eigenvalue weighted by Crippen LogP contribution is 2.50. The molecule has 0 saturated carbocycles. The summed E-state index contributed by atoms with van der Waals surface area (Å²) in [6.07, 6.45) is 5.79. The normalized spacial score (nSPS) is 23.3. The van der Waals surface area contributed by atoms with Gasteiger partial charge < -0.3 is 14.8 Å². The molecule has 0 fully saturated rings. The molecule has 0 aromatic heterocycles. The second-order valence-electron chi connectivity index (χ2n) is 7.70. The van der Waals surface area contributed by atoms with Crippen molar-refractivity contribution in [3.63, 3.8) is 0 Å². The van der Waals surface area contributed by atoms with Gasteiger partial charge in [0.25, 0.3) is 0 Å². The first-order chi connectivity index (χ1) is 12.7. The third-order valence-corrected chi connectivity index (χ3v) is 5.39. The number of benzene rings is 2. The summed E-state index contributed by atoms with van der Waals surface area (Å²) in [4.78, 5) is 0.